The second-order valence-corrected chi connectivity index (χ2v) is 5.03. The number of aryl methyl sites for hydroxylation is 1. The SMILES string of the molecule is CCc1ccc(/C=C(\C(=O)O)c2ccc3c(c2)OCO3)cc1. The molecule has 0 saturated carbocycles. The molecule has 0 fully saturated rings. The summed E-state index contributed by atoms with van der Waals surface area (Å²) in [5.74, 6) is 0.241. The van der Waals surface area contributed by atoms with E-state index >= 15 is 0 Å². The molecule has 0 unspecified atom stereocenters. The van der Waals surface area contributed by atoms with Crippen LogP contribution in [-0.2, 0) is 11.2 Å². The average molecular weight is 296 g/mol. The first kappa shape index (κ1) is 14.2. The van der Waals surface area contributed by atoms with Crippen molar-refractivity contribution in [2.24, 2.45) is 0 Å². The Labute approximate surface area is 128 Å². The Kier molecular flexibility index (Phi) is 3.83. The van der Waals surface area contributed by atoms with E-state index in [-0.39, 0.29) is 12.4 Å². The second kappa shape index (κ2) is 5.93. The van der Waals surface area contributed by atoms with Gasteiger partial charge in [0.25, 0.3) is 0 Å². The minimum absolute atomic E-state index is 0.170. The molecule has 0 radical (unpaired) electrons. The van der Waals surface area contributed by atoms with E-state index in [2.05, 4.69) is 6.92 Å². The van der Waals surface area contributed by atoms with Crippen molar-refractivity contribution >= 4 is 17.6 Å². The molecular weight excluding hydrogens is 280 g/mol. The number of ether oxygens (including phenoxy) is 2. The highest BCUT2D eigenvalue weighted by atomic mass is 16.7. The van der Waals surface area contributed by atoms with Crippen LogP contribution in [0.1, 0.15) is 23.6 Å². The predicted octanol–water partition coefficient (Wildman–Crippen LogP) is 3.60. The number of carboxylic acid groups (broad SMARTS) is 1. The minimum atomic E-state index is -0.974. The molecule has 2 aromatic carbocycles. The molecule has 2 aromatic rings. The van der Waals surface area contributed by atoms with Crippen LogP contribution in [0.4, 0.5) is 0 Å². The van der Waals surface area contributed by atoms with Crippen LogP contribution in [0.15, 0.2) is 42.5 Å². The number of rotatable bonds is 4. The van der Waals surface area contributed by atoms with Crippen LogP contribution < -0.4 is 9.47 Å². The molecule has 0 spiro atoms. The third-order valence-corrected chi connectivity index (χ3v) is 3.61. The first-order valence-electron chi connectivity index (χ1n) is 7.11. The van der Waals surface area contributed by atoms with Crippen molar-refractivity contribution in [1.82, 2.24) is 0 Å². The summed E-state index contributed by atoms with van der Waals surface area (Å²) in [6.07, 6.45) is 2.62. The first-order valence-corrected chi connectivity index (χ1v) is 7.11. The number of carbonyl (C=O) groups is 1. The van der Waals surface area contributed by atoms with Gasteiger partial charge in [0.1, 0.15) is 0 Å². The fraction of sp³-hybridized carbons (Fsp3) is 0.167. The van der Waals surface area contributed by atoms with Gasteiger partial charge in [-0.25, -0.2) is 4.79 Å². The van der Waals surface area contributed by atoms with Gasteiger partial charge >= 0.3 is 5.97 Å². The van der Waals surface area contributed by atoms with E-state index in [1.54, 1.807) is 24.3 Å². The molecule has 1 N–H and O–H groups in total. The van der Waals surface area contributed by atoms with Crippen molar-refractivity contribution in [3.05, 3.63) is 59.2 Å². The lowest BCUT2D eigenvalue weighted by molar-refractivity contribution is -0.130. The van der Waals surface area contributed by atoms with E-state index in [0.717, 1.165) is 12.0 Å². The van der Waals surface area contributed by atoms with Crippen molar-refractivity contribution < 1.29 is 19.4 Å². The molecule has 0 atom stereocenters. The quantitative estimate of drug-likeness (QED) is 0.692. The van der Waals surface area contributed by atoms with E-state index in [1.165, 1.54) is 5.56 Å². The van der Waals surface area contributed by atoms with Crippen LogP contribution in [0, 0.1) is 0 Å². The molecule has 112 valence electrons. The molecule has 0 aromatic heterocycles. The molecule has 22 heavy (non-hydrogen) atoms. The van der Waals surface area contributed by atoms with Gasteiger partial charge in [0.15, 0.2) is 11.5 Å². The highest BCUT2D eigenvalue weighted by Crippen LogP contribution is 2.35. The lowest BCUT2D eigenvalue weighted by atomic mass is 10.0. The topological polar surface area (TPSA) is 55.8 Å². The summed E-state index contributed by atoms with van der Waals surface area (Å²) in [5, 5.41) is 9.50. The first-order chi connectivity index (χ1) is 10.7. The number of fused-ring (bicyclic) bond motifs is 1. The maximum Gasteiger partial charge on any atom is 0.336 e. The maximum atomic E-state index is 11.6. The summed E-state index contributed by atoms with van der Waals surface area (Å²) in [5.41, 5.74) is 2.89. The van der Waals surface area contributed by atoms with Gasteiger partial charge in [-0.2, -0.15) is 0 Å². The zero-order valence-electron chi connectivity index (χ0n) is 12.2. The highest BCUT2D eigenvalue weighted by Gasteiger charge is 2.17. The normalized spacial score (nSPS) is 13.2. The van der Waals surface area contributed by atoms with Crippen molar-refractivity contribution in [2.75, 3.05) is 6.79 Å². The Hall–Kier alpha value is -2.75. The van der Waals surface area contributed by atoms with Crippen molar-refractivity contribution in [1.29, 1.82) is 0 Å². The van der Waals surface area contributed by atoms with Gasteiger partial charge in [0, 0.05) is 0 Å². The zero-order valence-corrected chi connectivity index (χ0v) is 12.2. The Bertz CT molecular complexity index is 729. The van der Waals surface area contributed by atoms with E-state index in [1.807, 2.05) is 24.3 Å². The van der Waals surface area contributed by atoms with Gasteiger partial charge in [0.2, 0.25) is 6.79 Å². The molecule has 1 heterocycles. The fourth-order valence-electron chi connectivity index (χ4n) is 2.35. The van der Waals surface area contributed by atoms with E-state index < -0.39 is 5.97 Å². The van der Waals surface area contributed by atoms with E-state index in [4.69, 9.17) is 9.47 Å². The molecule has 0 amide bonds. The van der Waals surface area contributed by atoms with E-state index in [9.17, 15) is 9.90 Å². The Morgan fingerprint density at radius 2 is 1.86 bits per heavy atom. The summed E-state index contributed by atoms with van der Waals surface area (Å²) in [7, 11) is 0. The molecule has 0 bridgehead atoms. The van der Waals surface area contributed by atoms with Gasteiger partial charge in [-0.05, 0) is 41.3 Å². The number of hydrogen-bond donors (Lipinski definition) is 1. The number of hydrogen-bond acceptors (Lipinski definition) is 3. The molecule has 1 aliphatic heterocycles. The van der Waals surface area contributed by atoms with Crippen LogP contribution in [0.3, 0.4) is 0 Å². The second-order valence-electron chi connectivity index (χ2n) is 5.03. The van der Waals surface area contributed by atoms with Crippen LogP contribution in [-0.4, -0.2) is 17.9 Å². The summed E-state index contributed by atoms with van der Waals surface area (Å²) in [4.78, 5) is 11.6. The largest absolute Gasteiger partial charge is 0.478 e. The lowest BCUT2D eigenvalue weighted by Crippen LogP contribution is -1.99. The molecular formula is C18H16O4. The Morgan fingerprint density at radius 3 is 2.55 bits per heavy atom. The highest BCUT2D eigenvalue weighted by molar-refractivity contribution is 6.20. The van der Waals surface area contributed by atoms with Crippen LogP contribution in [0.25, 0.3) is 11.6 Å². The Morgan fingerprint density at radius 1 is 1.14 bits per heavy atom. The Balaban J connectivity index is 1.98. The summed E-state index contributed by atoms with van der Waals surface area (Å²) >= 11 is 0. The van der Waals surface area contributed by atoms with Gasteiger partial charge < -0.3 is 14.6 Å². The van der Waals surface area contributed by atoms with Crippen LogP contribution in [0.5, 0.6) is 11.5 Å². The molecule has 4 nitrogen and oxygen atoms in total. The summed E-state index contributed by atoms with van der Waals surface area (Å²) in [6.45, 7) is 2.25. The fourth-order valence-corrected chi connectivity index (χ4v) is 2.35. The van der Waals surface area contributed by atoms with Crippen molar-refractivity contribution in [2.45, 2.75) is 13.3 Å². The maximum absolute atomic E-state index is 11.6. The van der Waals surface area contributed by atoms with Crippen LogP contribution >= 0.6 is 0 Å². The number of carboxylic acids is 1. The third-order valence-electron chi connectivity index (χ3n) is 3.61. The molecule has 0 saturated heterocycles. The summed E-state index contributed by atoms with van der Waals surface area (Å²) < 4.78 is 10.6. The van der Waals surface area contributed by atoms with Gasteiger partial charge in [-0.15, -0.1) is 0 Å². The van der Waals surface area contributed by atoms with Gasteiger partial charge in [-0.3, -0.25) is 0 Å². The smallest absolute Gasteiger partial charge is 0.336 e. The molecule has 4 heteroatoms. The van der Waals surface area contributed by atoms with Gasteiger partial charge in [-0.1, -0.05) is 37.3 Å². The monoisotopic (exact) mass is 296 g/mol. The number of benzene rings is 2. The summed E-state index contributed by atoms with van der Waals surface area (Å²) in [6, 6.07) is 13.0. The minimum Gasteiger partial charge on any atom is -0.478 e. The van der Waals surface area contributed by atoms with E-state index in [0.29, 0.717) is 17.1 Å². The zero-order chi connectivity index (χ0) is 15.5. The molecule has 3 rings (SSSR count). The van der Waals surface area contributed by atoms with Crippen molar-refractivity contribution in [3.63, 3.8) is 0 Å². The molecule has 0 aliphatic carbocycles. The van der Waals surface area contributed by atoms with Crippen LogP contribution in [0.2, 0.25) is 0 Å². The number of aliphatic carboxylic acids is 1. The lowest BCUT2D eigenvalue weighted by Gasteiger charge is -2.05. The predicted molar refractivity (Wildman–Crippen MR) is 83.9 cm³/mol. The van der Waals surface area contributed by atoms with Crippen molar-refractivity contribution in [3.8, 4) is 11.5 Å². The molecule has 1 aliphatic rings. The standard InChI is InChI=1S/C18H16O4/c1-2-12-3-5-13(6-4-12)9-15(18(19)20)14-7-8-16-17(10-14)22-11-21-16/h3-10H,2,11H2,1H3,(H,19,20)/b15-9-. The third kappa shape index (κ3) is 2.81. The average Bonchev–Trinajstić information content (AvgIpc) is 3.00. The van der Waals surface area contributed by atoms with Gasteiger partial charge in [0.05, 0.1) is 5.57 Å².